The summed E-state index contributed by atoms with van der Waals surface area (Å²) in [4.78, 5) is 11.3. The first-order chi connectivity index (χ1) is 7.22. The lowest BCUT2D eigenvalue weighted by Crippen LogP contribution is -2.02. The molecule has 15 heavy (non-hydrogen) atoms. The van der Waals surface area contributed by atoms with Gasteiger partial charge in [-0.1, -0.05) is 45.4 Å². The highest BCUT2D eigenvalue weighted by molar-refractivity contribution is 5.88. The molecule has 0 fully saturated rings. The minimum atomic E-state index is -0.343. The molecule has 0 aromatic heterocycles. The number of carbonyl (C=O) groups excluding carboxylic acids is 1. The molecule has 0 aromatic rings. The van der Waals surface area contributed by atoms with Crippen molar-refractivity contribution in [3.05, 3.63) is 37.1 Å². The summed E-state index contributed by atoms with van der Waals surface area (Å²) in [5.41, 5.74) is 0.541. The van der Waals surface area contributed by atoms with Gasteiger partial charge in [0.2, 0.25) is 0 Å². The molecule has 0 unspecified atom stereocenters. The van der Waals surface area contributed by atoms with Gasteiger partial charge < -0.3 is 4.74 Å². The highest BCUT2D eigenvalue weighted by atomic mass is 16.5. The summed E-state index contributed by atoms with van der Waals surface area (Å²) in [5, 5.41) is 0. The van der Waals surface area contributed by atoms with Gasteiger partial charge in [0.15, 0.2) is 0 Å². The monoisotopic (exact) mass is 208 g/mol. The summed E-state index contributed by atoms with van der Waals surface area (Å²) in [5.74, 6) is -0.343. The lowest BCUT2D eigenvalue weighted by Gasteiger charge is -2.02. The van der Waals surface area contributed by atoms with Gasteiger partial charge in [-0.05, 0) is 18.9 Å². The number of allylic oxidation sites excluding steroid dienone is 2. The number of esters is 1. The van der Waals surface area contributed by atoms with E-state index in [0.717, 1.165) is 19.3 Å². The maximum Gasteiger partial charge on any atom is 0.338 e. The Balaban J connectivity index is 3.65. The van der Waals surface area contributed by atoms with Crippen LogP contribution in [0.25, 0.3) is 0 Å². The molecule has 0 aromatic carbocycles. The van der Waals surface area contributed by atoms with Crippen LogP contribution in [0.3, 0.4) is 0 Å². The smallest absolute Gasteiger partial charge is 0.338 e. The first-order valence-electron chi connectivity index (χ1n) is 5.38. The van der Waals surface area contributed by atoms with E-state index in [4.69, 9.17) is 4.74 Å². The predicted molar refractivity (Wildman–Crippen MR) is 63.3 cm³/mol. The molecule has 0 amide bonds. The van der Waals surface area contributed by atoms with Gasteiger partial charge in [-0.2, -0.15) is 0 Å². The third-order valence-corrected chi connectivity index (χ3v) is 2.01. The molecule has 0 aliphatic heterocycles. The van der Waals surface area contributed by atoms with Crippen LogP contribution < -0.4 is 0 Å². The van der Waals surface area contributed by atoms with Crippen molar-refractivity contribution in [3.8, 4) is 0 Å². The van der Waals surface area contributed by atoms with Crippen LogP contribution in [0.5, 0.6) is 0 Å². The molecule has 0 spiro atoms. The first-order valence-corrected chi connectivity index (χ1v) is 5.38. The van der Waals surface area contributed by atoms with Gasteiger partial charge >= 0.3 is 5.97 Å². The molecule has 0 rings (SSSR count). The molecule has 0 N–H and O–H groups in total. The highest BCUT2D eigenvalue weighted by Crippen LogP contribution is 2.09. The fourth-order valence-corrected chi connectivity index (χ4v) is 1.11. The topological polar surface area (TPSA) is 26.3 Å². The normalized spacial score (nSPS) is 10.2. The van der Waals surface area contributed by atoms with Crippen LogP contribution in [-0.2, 0) is 9.53 Å². The average molecular weight is 208 g/mol. The maximum atomic E-state index is 11.3. The largest absolute Gasteiger partial charge is 0.431 e. The average Bonchev–Trinajstić information content (AvgIpc) is 2.24. The molecular formula is C13H20O2. The van der Waals surface area contributed by atoms with E-state index < -0.39 is 0 Å². The highest BCUT2D eigenvalue weighted by Gasteiger charge is 2.05. The number of carbonyl (C=O) groups is 1. The zero-order valence-corrected chi connectivity index (χ0v) is 9.50. The van der Waals surface area contributed by atoms with Gasteiger partial charge in [-0.15, -0.1) is 0 Å². The van der Waals surface area contributed by atoms with Crippen molar-refractivity contribution < 1.29 is 9.53 Å². The van der Waals surface area contributed by atoms with Crippen molar-refractivity contribution >= 4 is 5.97 Å². The van der Waals surface area contributed by atoms with Crippen molar-refractivity contribution in [2.45, 2.75) is 39.0 Å². The molecule has 0 saturated heterocycles. The molecule has 0 heterocycles. The van der Waals surface area contributed by atoms with E-state index >= 15 is 0 Å². The van der Waals surface area contributed by atoms with Crippen molar-refractivity contribution in [2.24, 2.45) is 0 Å². The van der Waals surface area contributed by atoms with Gasteiger partial charge in [0.25, 0.3) is 0 Å². The second kappa shape index (κ2) is 9.25. The zero-order valence-electron chi connectivity index (χ0n) is 9.50. The van der Waals surface area contributed by atoms with E-state index in [1.807, 2.05) is 0 Å². The van der Waals surface area contributed by atoms with Gasteiger partial charge in [0.1, 0.15) is 0 Å². The molecule has 84 valence electrons. The van der Waals surface area contributed by atoms with Crippen LogP contribution in [0.4, 0.5) is 0 Å². The van der Waals surface area contributed by atoms with Crippen molar-refractivity contribution in [3.63, 3.8) is 0 Å². The van der Waals surface area contributed by atoms with E-state index in [1.165, 1.54) is 19.1 Å². The lowest BCUT2D eigenvalue weighted by molar-refractivity contribution is -0.133. The summed E-state index contributed by atoms with van der Waals surface area (Å²) in [7, 11) is 0. The Labute approximate surface area is 92.3 Å². The summed E-state index contributed by atoms with van der Waals surface area (Å²) < 4.78 is 4.81. The van der Waals surface area contributed by atoms with Crippen LogP contribution in [0.1, 0.15) is 39.0 Å². The first kappa shape index (κ1) is 13.7. The molecule has 0 aliphatic carbocycles. The van der Waals surface area contributed by atoms with Crippen LogP contribution >= 0.6 is 0 Å². The maximum absolute atomic E-state index is 11.3. The summed E-state index contributed by atoms with van der Waals surface area (Å²) in [6, 6.07) is 0. The number of unbranched alkanes of at least 4 members (excludes halogenated alkanes) is 3. The Morgan fingerprint density at radius 2 is 2.07 bits per heavy atom. The minimum Gasteiger partial charge on any atom is -0.431 e. The van der Waals surface area contributed by atoms with Crippen LogP contribution in [0.15, 0.2) is 37.1 Å². The fraction of sp³-hybridized carbons (Fsp3) is 0.462. The molecule has 2 heteroatoms. The summed E-state index contributed by atoms with van der Waals surface area (Å²) >= 11 is 0. The van der Waals surface area contributed by atoms with Gasteiger partial charge in [0, 0.05) is 5.57 Å². The van der Waals surface area contributed by atoms with Crippen molar-refractivity contribution in [1.82, 2.24) is 0 Å². The zero-order chi connectivity index (χ0) is 11.5. The van der Waals surface area contributed by atoms with Crippen molar-refractivity contribution in [1.29, 1.82) is 0 Å². The second-order valence-corrected chi connectivity index (χ2v) is 3.38. The van der Waals surface area contributed by atoms with Crippen LogP contribution in [0.2, 0.25) is 0 Å². The van der Waals surface area contributed by atoms with Gasteiger partial charge in [-0.3, -0.25) is 0 Å². The standard InChI is InChI=1S/C13H20O2/c1-4-6-8-9-10-12(3)13(14)15-11-7-5-2/h5,7,11H,2-4,6,8-10H2,1H3/b11-7+. The molecule has 0 atom stereocenters. The molecule has 2 nitrogen and oxygen atoms in total. The third kappa shape index (κ3) is 7.74. The Kier molecular flexibility index (Phi) is 8.44. The van der Waals surface area contributed by atoms with Crippen molar-refractivity contribution in [2.75, 3.05) is 0 Å². The quantitative estimate of drug-likeness (QED) is 0.200. The Morgan fingerprint density at radius 3 is 2.67 bits per heavy atom. The predicted octanol–water partition coefficient (Wildman–Crippen LogP) is 3.76. The minimum absolute atomic E-state index is 0.343. The van der Waals surface area contributed by atoms with E-state index in [-0.39, 0.29) is 5.97 Å². The molecule has 0 radical (unpaired) electrons. The number of ether oxygens (including phenoxy) is 1. The van der Waals surface area contributed by atoms with Crippen LogP contribution in [0, 0.1) is 0 Å². The molecule has 0 bridgehead atoms. The lowest BCUT2D eigenvalue weighted by atomic mass is 10.1. The summed E-state index contributed by atoms with van der Waals surface area (Å²) in [6.45, 7) is 9.32. The van der Waals surface area contributed by atoms with E-state index in [2.05, 4.69) is 20.1 Å². The second-order valence-electron chi connectivity index (χ2n) is 3.38. The van der Waals surface area contributed by atoms with Crippen LogP contribution in [-0.4, -0.2) is 5.97 Å². The number of hydrogen-bond acceptors (Lipinski definition) is 2. The number of hydrogen-bond donors (Lipinski definition) is 0. The molecule has 0 saturated carbocycles. The Morgan fingerprint density at radius 1 is 1.33 bits per heavy atom. The van der Waals surface area contributed by atoms with E-state index in [1.54, 1.807) is 12.2 Å². The van der Waals surface area contributed by atoms with E-state index in [0.29, 0.717) is 5.57 Å². The SMILES string of the molecule is C=C/C=C/OC(=O)C(=C)CCCCCC. The Hall–Kier alpha value is -1.31. The number of rotatable bonds is 8. The molecule has 0 aliphatic rings. The fourth-order valence-electron chi connectivity index (χ4n) is 1.11. The van der Waals surface area contributed by atoms with Gasteiger partial charge in [0.05, 0.1) is 6.26 Å². The third-order valence-electron chi connectivity index (χ3n) is 2.01. The van der Waals surface area contributed by atoms with E-state index in [9.17, 15) is 4.79 Å². The summed E-state index contributed by atoms with van der Waals surface area (Å²) in [6.07, 6.45) is 9.73. The Bertz CT molecular complexity index is 239. The molecular weight excluding hydrogens is 188 g/mol. The van der Waals surface area contributed by atoms with Gasteiger partial charge in [-0.25, -0.2) is 4.79 Å².